The molecule has 0 saturated carbocycles. The molecule has 12 heavy (non-hydrogen) atoms. The van der Waals surface area contributed by atoms with E-state index in [1.54, 1.807) is 6.08 Å². The SMILES string of the molecule is O=C1C=CC2=CC=CC=C(C2)N1. The lowest BCUT2D eigenvalue weighted by molar-refractivity contribution is -0.115. The normalized spacial score (nSPS) is 20.5. The second-order valence-corrected chi connectivity index (χ2v) is 2.82. The smallest absolute Gasteiger partial charge is 0.248 e. The summed E-state index contributed by atoms with van der Waals surface area (Å²) in [5, 5.41) is 2.79. The molecule has 60 valence electrons. The molecule has 2 rings (SSSR count). The van der Waals surface area contributed by atoms with Crippen LogP contribution in [0.1, 0.15) is 6.42 Å². The summed E-state index contributed by atoms with van der Waals surface area (Å²) >= 11 is 0. The van der Waals surface area contributed by atoms with Crippen LogP contribution in [0, 0.1) is 0 Å². The van der Waals surface area contributed by atoms with Gasteiger partial charge in [-0.15, -0.1) is 0 Å². The molecule has 1 amide bonds. The van der Waals surface area contributed by atoms with Gasteiger partial charge < -0.3 is 5.32 Å². The molecular formula is C10H9NO. The second-order valence-electron chi connectivity index (χ2n) is 2.82. The van der Waals surface area contributed by atoms with Crippen molar-refractivity contribution in [2.45, 2.75) is 6.42 Å². The Morgan fingerprint density at radius 3 is 2.92 bits per heavy atom. The zero-order valence-electron chi connectivity index (χ0n) is 6.58. The Hall–Kier alpha value is -1.57. The van der Waals surface area contributed by atoms with E-state index < -0.39 is 0 Å². The van der Waals surface area contributed by atoms with E-state index in [1.165, 1.54) is 0 Å². The van der Waals surface area contributed by atoms with Gasteiger partial charge in [0, 0.05) is 18.2 Å². The van der Waals surface area contributed by atoms with E-state index in [4.69, 9.17) is 0 Å². The van der Waals surface area contributed by atoms with Gasteiger partial charge in [-0.25, -0.2) is 0 Å². The zero-order chi connectivity index (χ0) is 8.39. The maximum absolute atomic E-state index is 11.0. The van der Waals surface area contributed by atoms with Gasteiger partial charge in [0.1, 0.15) is 0 Å². The number of hydrogen-bond donors (Lipinski definition) is 1. The van der Waals surface area contributed by atoms with E-state index in [2.05, 4.69) is 5.32 Å². The van der Waals surface area contributed by atoms with Crippen LogP contribution in [0.5, 0.6) is 0 Å². The van der Waals surface area contributed by atoms with Crippen LogP contribution in [0.15, 0.2) is 47.7 Å². The van der Waals surface area contributed by atoms with Crippen LogP contribution in [0.3, 0.4) is 0 Å². The minimum Gasteiger partial charge on any atom is -0.326 e. The molecule has 0 radical (unpaired) electrons. The average Bonchev–Trinajstić information content (AvgIpc) is 2.35. The van der Waals surface area contributed by atoms with Gasteiger partial charge in [0.15, 0.2) is 0 Å². The summed E-state index contributed by atoms with van der Waals surface area (Å²) in [7, 11) is 0. The van der Waals surface area contributed by atoms with Gasteiger partial charge in [-0.2, -0.15) is 0 Å². The van der Waals surface area contributed by atoms with E-state index in [1.807, 2.05) is 30.4 Å². The highest BCUT2D eigenvalue weighted by Crippen LogP contribution is 2.16. The Balaban J connectivity index is 2.41. The molecule has 1 N–H and O–H groups in total. The Morgan fingerprint density at radius 1 is 1.17 bits per heavy atom. The van der Waals surface area contributed by atoms with Crippen LogP contribution >= 0.6 is 0 Å². The van der Waals surface area contributed by atoms with Crippen LogP contribution in [0.2, 0.25) is 0 Å². The molecule has 1 aliphatic carbocycles. The van der Waals surface area contributed by atoms with Crippen molar-refractivity contribution in [2.75, 3.05) is 0 Å². The molecule has 0 aromatic carbocycles. The summed E-state index contributed by atoms with van der Waals surface area (Å²) in [5.74, 6) is -0.0417. The van der Waals surface area contributed by atoms with Crippen molar-refractivity contribution in [3.05, 3.63) is 47.7 Å². The molecular weight excluding hydrogens is 150 g/mol. The summed E-state index contributed by atoms with van der Waals surface area (Å²) in [6, 6.07) is 0. The Bertz CT molecular complexity index is 332. The molecule has 0 aromatic rings. The van der Waals surface area contributed by atoms with E-state index in [0.29, 0.717) is 0 Å². The lowest BCUT2D eigenvalue weighted by Gasteiger charge is -2.02. The molecule has 2 aliphatic rings. The van der Waals surface area contributed by atoms with Crippen LogP contribution in [0.4, 0.5) is 0 Å². The lowest BCUT2D eigenvalue weighted by atomic mass is 10.1. The fourth-order valence-electron chi connectivity index (χ4n) is 1.27. The number of amides is 1. The topological polar surface area (TPSA) is 29.1 Å². The van der Waals surface area contributed by atoms with Gasteiger partial charge in [0.2, 0.25) is 5.91 Å². The molecule has 1 aliphatic heterocycles. The van der Waals surface area contributed by atoms with E-state index in [9.17, 15) is 4.79 Å². The number of hydrogen-bond acceptors (Lipinski definition) is 1. The molecule has 0 aromatic heterocycles. The molecule has 1 heterocycles. The van der Waals surface area contributed by atoms with E-state index in [0.717, 1.165) is 17.7 Å². The van der Waals surface area contributed by atoms with E-state index >= 15 is 0 Å². The van der Waals surface area contributed by atoms with Crippen LogP contribution in [-0.2, 0) is 4.79 Å². The van der Waals surface area contributed by atoms with Gasteiger partial charge >= 0.3 is 0 Å². The largest absolute Gasteiger partial charge is 0.326 e. The highest BCUT2D eigenvalue weighted by Gasteiger charge is 2.08. The molecule has 2 nitrogen and oxygen atoms in total. The van der Waals surface area contributed by atoms with Crippen molar-refractivity contribution in [2.24, 2.45) is 0 Å². The summed E-state index contributed by atoms with van der Waals surface area (Å²) in [4.78, 5) is 11.0. The Morgan fingerprint density at radius 2 is 2.00 bits per heavy atom. The van der Waals surface area contributed by atoms with Gasteiger partial charge in [-0.3, -0.25) is 4.79 Å². The number of carbonyl (C=O) groups excluding carboxylic acids is 1. The first-order valence-corrected chi connectivity index (χ1v) is 3.90. The van der Waals surface area contributed by atoms with Gasteiger partial charge in [-0.1, -0.05) is 24.3 Å². The molecule has 0 spiro atoms. The maximum atomic E-state index is 11.0. The third kappa shape index (κ3) is 1.37. The second kappa shape index (κ2) is 2.81. The highest BCUT2D eigenvalue weighted by molar-refractivity contribution is 5.90. The molecule has 0 atom stereocenters. The quantitative estimate of drug-likeness (QED) is 0.569. The first kappa shape index (κ1) is 7.10. The predicted octanol–water partition coefficient (Wildman–Crippen LogP) is 1.44. The van der Waals surface area contributed by atoms with Crippen molar-refractivity contribution in [3.63, 3.8) is 0 Å². The van der Waals surface area contributed by atoms with Crippen LogP contribution < -0.4 is 5.32 Å². The Labute approximate surface area is 71.0 Å². The fraction of sp³-hybridized carbons (Fsp3) is 0.100. The van der Waals surface area contributed by atoms with Crippen molar-refractivity contribution in [1.29, 1.82) is 0 Å². The summed E-state index contributed by atoms with van der Waals surface area (Å²) in [5.41, 5.74) is 2.12. The van der Waals surface area contributed by atoms with Crippen molar-refractivity contribution < 1.29 is 4.79 Å². The highest BCUT2D eigenvalue weighted by atomic mass is 16.1. The fourth-order valence-corrected chi connectivity index (χ4v) is 1.27. The first-order valence-electron chi connectivity index (χ1n) is 3.90. The third-order valence-electron chi connectivity index (χ3n) is 1.85. The van der Waals surface area contributed by atoms with Crippen molar-refractivity contribution in [1.82, 2.24) is 5.32 Å². The zero-order valence-corrected chi connectivity index (χ0v) is 6.58. The minimum absolute atomic E-state index is 0.0417. The maximum Gasteiger partial charge on any atom is 0.248 e. The third-order valence-corrected chi connectivity index (χ3v) is 1.85. The van der Waals surface area contributed by atoms with E-state index in [-0.39, 0.29) is 5.91 Å². The van der Waals surface area contributed by atoms with Gasteiger partial charge in [0.25, 0.3) is 0 Å². The molecule has 2 bridgehead atoms. The summed E-state index contributed by atoms with van der Waals surface area (Å²) < 4.78 is 0. The Kier molecular flexibility index (Phi) is 1.67. The lowest BCUT2D eigenvalue weighted by Crippen LogP contribution is -2.18. The molecule has 0 fully saturated rings. The monoisotopic (exact) mass is 159 g/mol. The standard InChI is InChI=1S/C10H9NO/c12-10-6-5-8-3-1-2-4-9(7-8)11-10/h1-6H,7H2,(H,11,12). The number of nitrogens with one attached hydrogen (secondary N) is 1. The van der Waals surface area contributed by atoms with Gasteiger partial charge in [-0.05, 0) is 11.6 Å². The summed E-state index contributed by atoms with van der Waals surface area (Å²) in [6.07, 6.45) is 12.1. The van der Waals surface area contributed by atoms with Crippen molar-refractivity contribution >= 4 is 5.91 Å². The van der Waals surface area contributed by atoms with Crippen LogP contribution in [0.25, 0.3) is 0 Å². The predicted molar refractivity (Wildman–Crippen MR) is 47.2 cm³/mol. The van der Waals surface area contributed by atoms with Crippen LogP contribution in [-0.4, -0.2) is 5.91 Å². The minimum atomic E-state index is -0.0417. The first-order chi connectivity index (χ1) is 5.84. The molecule has 0 unspecified atom stereocenters. The summed E-state index contributed by atoms with van der Waals surface area (Å²) in [6.45, 7) is 0. The van der Waals surface area contributed by atoms with Crippen molar-refractivity contribution in [3.8, 4) is 0 Å². The average molecular weight is 159 g/mol. The molecule has 0 saturated heterocycles. The number of carbonyl (C=O) groups is 1. The number of rotatable bonds is 0. The number of allylic oxidation sites excluding steroid dienone is 6. The number of fused-ring (bicyclic) bond motifs is 2. The van der Waals surface area contributed by atoms with Gasteiger partial charge in [0.05, 0.1) is 0 Å². The molecule has 2 heteroatoms.